The predicted molar refractivity (Wildman–Crippen MR) is 54.2 cm³/mol. The number of nitrogen functional groups attached to an aromatic ring is 1. The molecule has 0 heterocycles. The highest BCUT2D eigenvalue weighted by Gasteiger charge is 2.14. The number of anilines is 1. The van der Waals surface area contributed by atoms with E-state index >= 15 is 0 Å². The second kappa shape index (κ2) is 4.09. The molecule has 4 heteroatoms. The van der Waals surface area contributed by atoms with Crippen molar-refractivity contribution >= 4 is 5.69 Å². The summed E-state index contributed by atoms with van der Waals surface area (Å²) in [6, 6.07) is 6.33. The fourth-order valence-electron chi connectivity index (χ4n) is 1.21. The van der Waals surface area contributed by atoms with Gasteiger partial charge in [0.1, 0.15) is 0 Å². The first-order chi connectivity index (χ1) is 6.56. The number of nitrogens with zero attached hydrogens (tertiary/aromatic N) is 1. The summed E-state index contributed by atoms with van der Waals surface area (Å²) < 4.78 is 0. The third-order valence-electron chi connectivity index (χ3n) is 2.09. The van der Waals surface area contributed by atoms with Crippen LogP contribution in [0.25, 0.3) is 0 Å². The van der Waals surface area contributed by atoms with Crippen molar-refractivity contribution in [2.45, 2.75) is 19.1 Å². The summed E-state index contributed by atoms with van der Waals surface area (Å²) >= 11 is 0. The third-order valence-corrected chi connectivity index (χ3v) is 2.09. The molecule has 4 nitrogen and oxygen atoms in total. The van der Waals surface area contributed by atoms with Crippen molar-refractivity contribution in [3.8, 4) is 6.07 Å². The average molecular weight is 191 g/mol. The van der Waals surface area contributed by atoms with Crippen LogP contribution in [0.15, 0.2) is 18.2 Å². The maximum atomic E-state index is 9.28. The summed E-state index contributed by atoms with van der Waals surface area (Å²) in [5.41, 5.74) is 13.0. The molecular formula is C10H13N3O. The zero-order valence-corrected chi connectivity index (χ0v) is 7.94. The molecule has 0 aromatic heterocycles. The van der Waals surface area contributed by atoms with E-state index in [1.807, 2.05) is 6.07 Å². The van der Waals surface area contributed by atoms with E-state index in [4.69, 9.17) is 16.7 Å². The van der Waals surface area contributed by atoms with Crippen LogP contribution < -0.4 is 11.5 Å². The molecule has 0 amide bonds. The molecule has 1 rings (SSSR count). The summed E-state index contributed by atoms with van der Waals surface area (Å²) in [4.78, 5) is 0. The Bertz CT molecular complexity index is 368. The molecule has 0 aliphatic heterocycles. The summed E-state index contributed by atoms with van der Waals surface area (Å²) in [5.74, 6) is 0. The van der Waals surface area contributed by atoms with Crippen molar-refractivity contribution in [2.75, 3.05) is 5.73 Å². The number of rotatable bonds is 2. The largest absolute Gasteiger partial charge is 0.398 e. The molecule has 0 bridgehead atoms. The van der Waals surface area contributed by atoms with E-state index in [2.05, 4.69) is 0 Å². The fraction of sp³-hybridized carbons (Fsp3) is 0.300. The molecule has 0 spiro atoms. The normalized spacial score (nSPS) is 14.4. The Morgan fingerprint density at radius 2 is 2.14 bits per heavy atom. The number of aliphatic hydroxyl groups excluding tert-OH is 1. The van der Waals surface area contributed by atoms with E-state index in [9.17, 15) is 5.11 Å². The molecule has 74 valence electrons. The molecule has 14 heavy (non-hydrogen) atoms. The maximum Gasteiger partial charge on any atom is 0.0992 e. The summed E-state index contributed by atoms with van der Waals surface area (Å²) in [6.45, 7) is 1.60. The predicted octanol–water partition coefficient (Wildman–Crippen LogP) is 0.521. The van der Waals surface area contributed by atoms with Gasteiger partial charge in [-0.15, -0.1) is 0 Å². The van der Waals surface area contributed by atoms with Crippen LogP contribution in [-0.2, 0) is 0 Å². The van der Waals surface area contributed by atoms with Gasteiger partial charge >= 0.3 is 0 Å². The van der Waals surface area contributed by atoms with Crippen LogP contribution in [0.5, 0.6) is 0 Å². The van der Waals surface area contributed by atoms with Gasteiger partial charge in [0.15, 0.2) is 0 Å². The topological polar surface area (TPSA) is 96.1 Å². The van der Waals surface area contributed by atoms with Gasteiger partial charge in [0.25, 0.3) is 0 Å². The quantitative estimate of drug-likeness (QED) is 0.594. The lowest BCUT2D eigenvalue weighted by Crippen LogP contribution is -2.24. The van der Waals surface area contributed by atoms with Crippen LogP contribution in [0.1, 0.15) is 24.1 Å². The van der Waals surface area contributed by atoms with Gasteiger partial charge in [-0.1, -0.05) is 6.07 Å². The molecule has 0 saturated heterocycles. The van der Waals surface area contributed by atoms with E-state index < -0.39 is 12.1 Å². The Balaban J connectivity index is 3.07. The lowest BCUT2D eigenvalue weighted by atomic mass is 10.00. The second-order valence-electron chi connectivity index (χ2n) is 3.22. The Kier molecular flexibility index (Phi) is 3.07. The van der Waals surface area contributed by atoms with Gasteiger partial charge in [0.2, 0.25) is 0 Å². The van der Waals surface area contributed by atoms with Crippen LogP contribution in [0.2, 0.25) is 0 Å². The molecule has 0 unspecified atom stereocenters. The highest BCUT2D eigenvalue weighted by atomic mass is 16.3. The molecule has 0 fully saturated rings. The minimum Gasteiger partial charge on any atom is -0.398 e. The van der Waals surface area contributed by atoms with Crippen LogP contribution in [-0.4, -0.2) is 11.2 Å². The summed E-state index contributed by atoms with van der Waals surface area (Å²) in [7, 11) is 0. The van der Waals surface area contributed by atoms with Gasteiger partial charge in [-0.2, -0.15) is 5.26 Å². The molecule has 5 N–H and O–H groups in total. The average Bonchev–Trinajstić information content (AvgIpc) is 2.16. The summed E-state index contributed by atoms with van der Waals surface area (Å²) in [5, 5.41) is 17.9. The maximum absolute atomic E-state index is 9.28. The molecule has 0 radical (unpaired) electrons. The van der Waals surface area contributed by atoms with Crippen LogP contribution >= 0.6 is 0 Å². The first kappa shape index (κ1) is 10.5. The van der Waals surface area contributed by atoms with E-state index in [0.717, 1.165) is 0 Å². The number of hydrogen-bond donors (Lipinski definition) is 3. The molecular weight excluding hydrogens is 178 g/mol. The van der Waals surface area contributed by atoms with Crippen LogP contribution in [0, 0.1) is 11.3 Å². The van der Waals surface area contributed by atoms with Gasteiger partial charge in [-0.25, -0.2) is 0 Å². The van der Waals surface area contributed by atoms with Crippen molar-refractivity contribution in [3.63, 3.8) is 0 Å². The van der Waals surface area contributed by atoms with Gasteiger partial charge in [-0.05, 0) is 24.6 Å². The SMILES string of the molecule is C[C@H](O)[C@@H](N)c1ccc(C#N)cc1N. The lowest BCUT2D eigenvalue weighted by molar-refractivity contribution is 0.164. The molecule has 0 aliphatic rings. The fourth-order valence-corrected chi connectivity index (χ4v) is 1.21. The van der Waals surface area contributed by atoms with Crippen molar-refractivity contribution in [1.82, 2.24) is 0 Å². The molecule has 1 aromatic carbocycles. The summed E-state index contributed by atoms with van der Waals surface area (Å²) in [6.07, 6.45) is -0.662. The van der Waals surface area contributed by atoms with Crippen molar-refractivity contribution in [2.24, 2.45) is 5.73 Å². The smallest absolute Gasteiger partial charge is 0.0992 e. The van der Waals surface area contributed by atoms with Crippen molar-refractivity contribution in [3.05, 3.63) is 29.3 Å². The van der Waals surface area contributed by atoms with Gasteiger partial charge in [-0.3, -0.25) is 0 Å². The van der Waals surface area contributed by atoms with E-state index in [-0.39, 0.29) is 0 Å². The number of nitriles is 1. The molecule has 1 aromatic rings. The number of nitrogens with two attached hydrogens (primary N) is 2. The van der Waals surface area contributed by atoms with E-state index in [1.54, 1.807) is 25.1 Å². The molecule has 2 atom stereocenters. The zero-order chi connectivity index (χ0) is 10.7. The number of benzene rings is 1. The standard InChI is InChI=1S/C10H13N3O/c1-6(14)10(13)8-3-2-7(5-11)4-9(8)12/h2-4,6,10,14H,12-13H2,1H3/t6-,10+/m0/s1. The van der Waals surface area contributed by atoms with Crippen LogP contribution in [0.3, 0.4) is 0 Å². The number of hydrogen-bond acceptors (Lipinski definition) is 4. The molecule has 0 aliphatic carbocycles. The monoisotopic (exact) mass is 191 g/mol. The minimum absolute atomic E-state index is 0.442. The first-order valence-electron chi connectivity index (χ1n) is 4.29. The Morgan fingerprint density at radius 1 is 1.50 bits per heavy atom. The molecule has 0 saturated carbocycles. The third kappa shape index (κ3) is 2.02. The number of aliphatic hydroxyl groups is 1. The highest BCUT2D eigenvalue weighted by Crippen LogP contribution is 2.22. The van der Waals surface area contributed by atoms with Crippen molar-refractivity contribution in [1.29, 1.82) is 5.26 Å². The Labute approximate surface area is 82.8 Å². The minimum atomic E-state index is -0.662. The Hall–Kier alpha value is -1.57. The van der Waals surface area contributed by atoms with E-state index in [1.165, 1.54) is 0 Å². The van der Waals surface area contributed by atoms with E-state index in [0.29, 0.717) is 16.8 Å². The van der Waals surface area contributed by atoms with Crippen LogP contribution in [0.4, 0.5) is 5.69 Å². The van der Waals surface area contributed by atoms with Gasteiger partial charge < -0.3 is 16.6 Å². The van der Waals surface area contributed by atoms with Gasteiger partial charge in [0.05, 0.1) is 23.8 Å². The second-order valence-corrected chi connectivity index (χ2v) is 3.22. The van der Waals surface area contributed by atoms with Gasteiger partial charge in [0, 0.05) is 5.69 Å². The Morgan fingerprint density at radius 3 is 2.57 bits per heavy atom. The van der Waals surface area contributed by atoms with Crippen molar-refractivity contribution < 1.29 is 5.11 Å². The lowest BCUT2D eigenvalue weighted by Gasteiger charge is -2.16. The zero-order valence-electron chi connectivity index (χ0n) is 7.94. The first-order valence-corrected chi connectivity index (χ1v) is 4.29. The highest BCUT2D eigenvalue weighted by molar-refractivity contribution is 5.53.